The van der Waals surface area contributed by atoms with E-state index in [2.05, 4.69) is 5.32 Å². The fraction of sp³-hybridized carbons (Fsp3) is 0.933. The topological polar surface area (TPSA) is 79.0 Å². The molecule has 24 heavy (non-hydrogen) atoms. The van der Waals surface area contributed by atoms with Crippen molar-refractivity contribution in [3.05, 3.63) is 0 Å². The monoisotopic (exact) mass is 383 g/mol. The number of ether oxygens (including phenoxy) is 1. The molecule has 0 aromatic rings. The zero-order chi connectivity index (χ0) is 16.9. The van der Waals surface area contributed by atoms with Gasteiger partial charge in [0.05, 0.1) is 24.5 Å². The summed E-state index contributed by atoms with van der Waals surface area (Å²) in [5.74, 6) is 0.119. The van der Waals surface area contributed by atoms with Gasteiger partial charge in [-0.3, -0.25) is 4.79 Å². The lowest BCUT2D eigenvalue weighted by Crippen LogP contribution is -2.56. The summed E-state index contributed by atoms with van der Waals surface area (Å²) in [5.41, 5.74) is 0. The molecule has 2 fully saturated rings. The second-order valence-corrected chi connectivity index (χ2v) is 8.55. The van der Waals surface area contributed by atoms with Crippen molar-refractivity contribution in [2.24, 2.45) is 0 Å². The van der Waals surface area contributed by atoms with Crippen LogP contribution in [-0.4, -0.2) is 80.8 Å². The van der Waals surface area contributed by atoms with Crippen LogP contribution in [0.1, 0.15) is 33.1 Å². The molecule has 1 atom stereocenters. The Balaban J connectivity index is 0.00000288. The van der Waals surface area contributed by atoms with Gasteiger partial charge in [-0.25, -0.2) is 8.42 Å². The molecule has 142 valence electrons. The van der Waals surface area contributed by atoms with Crippen LogP contribution < -0.4 is 5.32 Å². The number of sulfonamides is 1. The van der Waals surface area contributed by atoms with Crippen molar-refractivity contribution < 1.29 is 17.9 Å². The van der Waals surface area contributed by atoms with Crippen LogP contribution in [0.5, 0.6) is 0 Å². The Labute approximate surface area is 151 Å². The summed E-state index contributed by atoms with van der Waals surface area (Å²) in [6.45, 7) is 6.58. The Morgan fingerprint density at radius 2 is 1.88 bits per heavy atom. The molecule has 2 saturated heterocycles. The van der Waals surface area contributed by atoms with Crippen LogP contribution in [0.2, 0.25) is 0 Å². The highest BCUT2D eigenvalue weighted by Gasteiger charge is 2.31. The van der Waals surface area contributed by atoms with Crippen LogP contribution in [0.25, 0.3) is 0 Å². The van der Waals surface area contributed by atoms with Crippen LogP contribution in [0.4, 0.5) is 0 Å². The van der Waals surface area contributed by atoms with Gasteiger partial charge in [0, 0.05) is 26.2 Å². The van der Waals surface area contributed by atoms with Gasteiger partial charge in [0.2, 0.25) is 15.9 Å². The number of halogens is 1. The highest BCUT2D eigenvalue weighted by Crippen LogP contribution is 2.13. The first kappa shape index (κ1) is 21.6. The molecule has 1 N–H and O–H groups in total. The molecular weight excluding hydrogens is 354 g/mol. The van der Waals surface area contributed by atoms with Crippen molar-refractivity contribution in [2.75, 3.05) is 45.1 Å². The van der Waals surface area contributed by atoms with Crippen LogP contribution in [-0.2, 0) is 19.6 Å². The number of amides is 1. The zero-order valence-corrected chi connectivity index (χ0v) is 16.2. The first-order chi connectivity index (χ1) is 10.9. The number of hydrogen-bond donors (Lipinski definition) is 1. The highest BCUT2D eigenvalue weighted by molar-refractivity contribution is 7.89. The van der Waals surface area contributed by atoms with Crippen molar-refractivity contribution in [3.8, 4) is 0 Å². The van der Waals surface area contributed by atoms with Gasteiger partial charge in [0.15, 0.2) is 0 Å². The molecular formula is C15H30ClN3O4S. The number of piperazine rings is 1. The molecule has 1 unspecified atom stereocenters. The van der Waals surface area contributed by atoms with Gasteiger partial charge in [-0.2, -0.15) is 4.31 Å². The fourth-order valence-electron chi connectivity index (χ4n) is 2.99. The van der Waals surface area contributed by atoms with E-state index in [9.17, 15) is 13.2 Å². The predicted molar refractivity (Wildman–Crippen MR) is 95.9 cm³/mol. The highest BCUT2D eigenvalue weighted by atomic mass is 35.5. The number of carbonyl (C=O) groups excluding carboxylic acids is 1. The minimum Gasteiger partial charge on any atom is -0.378 e. The van der Waals surface area contributed by atoms with E-state index in [1.165, 1.54) is 4.31 Å². The van der Waals surface area contributed by atoms with E-state index in [1.54, 1.807) is 4.90 Å². The molecule has 0 aromatic carbocycles. The zero-order valence-electron chi connectivity index (χ0n) is 14.6. The van der Waals surface area contributed by atoms with Gasteiger partial charge >= 0.3 is 0 Å². The van der Waals surface area contributed by atoms with E-state index in [0.717, 1.165) is 25.8 Å². The lowest BCUT2D eigenvalue weighted by molar-refractivity contribution is -0.135. The number of nitrogens with one attached hydrogen (secondary N) is 1. The molecule has 0 bridgehead atoms. The quantitative estimate of drug-likeness (QED) is 0.720. The summed E-state index contributed by atoms with van der Waals surface area (Å²) in [6.07, 6.45) is 3.11. The van der Waals surface area contributed by atoms with Crippen LogP contribution in [0, 0.1) is 0 Å². The van der Waals surface area contributed by atoms with Gasteiger partial charge in [-0.15, -0.1) is 12.4 Å². The third-order valence-corrected chi connectivity index (χ3v) is 6.18. The number of rotatable bonds is 6. The summed E-state index contributed by atoms with van der Waals surface area (Å²) in [6, 6.07) is -0.0913. The second-order valence-electron chi connectivity index (χ2n) is 6.46. The number of carbonyl (C=O) groups is 1. The smallest absolute Gasteiger partial charge is 0.239 e. The van der Waals surface area contributed by atoms with E-state index in [0.29, 0.717) is 26.2 Å². The van der Waals surface area contributed by atoms with E-state index in [-0.39, 0.29) is 42.8 Å². The molecule has 2 heterocycles. The maximum absolute atomic E-state index is 12.4. The van der Waals surface area contributed by atoms with Crippen LogP contribution in [0.3, 0.4) is 0 Å². The van der Waals surface area contributed by atoms with Gasteiger partial charge in [-0.1, -0.05) is 6.42 Å². The third-order valence-electron chi connectivity index (χ3n) is 4.34. The largest absolute Gasteiger partial charge is 0.378 e. The normalized spacial score (nSPS) is 23.1. The Morgan fingerprint density at radius 1 is 1.21 bits per heavy atom. The van der Waals surface area contributed by atoms with Crippen molar-refractivity contribution >= 4 is 28.3 Å². The van der Waals surface area contributed by atoms with E-state index < -0.39 is 10.0 Å². The Hall–Kier alpha value is -0.410. The summed E-state index contributed by atoms with van der Waals surface area (Å²) in [5, 5.41) is 3.26. The lowest BCUT2D eigenvalue weighted by atomic mass is 10.0. The fourth-order valence-corrected chi connectivity index (χ4v) is 4.27. The minimum atomic E-state index is -3.30. The number of hydrogen-bond acceptors (Lipinski definition) is 5. The first-order valence-electron chi connectivity index (χ1n) is 8.52. The minimum absolute atomic E-state index is 0. The molecule has 0 radical (unpaired) electrons. The predicted octanol–water partition coefficient (Wildman–Crippen LogP) is 0.449. The maximum Gasteiger partial charge on any atom is 0.239 e. The third kappa shape index (κ3) is 6.15. The number of nitrogens with zero attached hydrogens (tertiary/aromatic N) is 2. The van der Waals surface area contributed by atoms with E-state index in [1.807, 2.05) is 13.8 Å². The average molecular weight is 384 g/mol. The molecule has 9 heteroatoms. The van der Waals surface area contributed by atoms with Gasteiger partial charge in [0.1, 0.15) is 0 Å². The van der Waals surface area contributed by atoms with Crippen molar-refractivity contribution in [1.82, 2.24) is 14.5 Å². The van der Waals surface area contributed by atoms with Crippen molar-refractivity contribution in [2.45, 2.75) is 45.3 Å². The summed E-state index contributed by atoms with van der Waals surface area (Å²) in [7, 11) is -3.30. The van der Waals surface area contributed by atoms with Gasteiger partial charge < -0.3 is 15.0 Å². The molecule has 1 amide bonds. The standard InChI is InChI=1S/C15H29N3O4S.ClH/c1-13(2)22-11-12-23(20,21)18-9-7-17(8-10-18)15(19)14-5-3-4-6-16-14;/h13-14,16H,3-12H2,1-2H3;1H. The molecule has 0 spiro atoms. The molecule has 2 aliphatic heterocycles. The summed E-state index contributed by atoms with van der Waals surface area (Å²) < 4.78 is 31.4. The molecule has 0 saturated carbocycles. The molecule has 0 aliphatic carbocycles. The average Bonchev–Trinajstić information content (AvgIpc) is 2.54. The van der Waals surface area contributed by atoms with Crippen LogP contribution in [0.15, 0.2) is 0 Å². The first-order valence-corrected chi connectivity index (χ1v) is 10.1. The lowest BCUT2D eigenvalue weighted by Gasteiger charge is -2.36. The molecule has 2 aliphatic rings. The van der Waals surface area contributed by atoms with Crippen molar-refractivity contribution in [1.29, 1.82) is 0 Å². The maximum atomic E-state index is 12.4. The van der Waals surface area contributed by atoms with Gasteiger partial charge in [0.25, 0.3) is 0 Å². The number of piperidine rings is 1. The Bertz CT molecular complexity index is 487. The Morgan fingerprint density at radius 3 is 2.42 bits per heavy atom. The van der Waals surface area contributed by atoms with Gasteiger partial charge in [-0.05, 0) is 33.2 Å². The van der Waals surface area contributed by atoms with E-state index in [4.69, 9.17) is 4.74 Å². The van der Waals surface area contributed by atoms with E-state index >= 15 is 0 Å². The second kappa shape index (κ2) is 9.91. The van der Waals surface area contributed by atoms with Crippen LogP contribution >= 0.6 is 12.4 Å². The Kier molecular flexibility index (Phi) is 8.94. The molecule has 7 nitrogen and oxygen atoms in total. The van der Waals surface area contributed by atoms with Crippen molar-refractivity contribution in [3.63, 3.8) is 0 Å². The molecule has 0 aromatic heterocycles. The SMILES string of the molecule is CC(C)OCCS(=O)(=O)N1CCN(C(=O)C2CCCCN2)CC1.Cl. The summed E-state index contributed by atoms with van der Waals surface area (Å²) >= 11 is 0. The molecule has 2 rings (SSSR count). The summed E-state index contributed by atoms with van der Waals surface area (Å²) in [4.78, 5) is 14.2.